The zero-order chi connectivity index (χ0) is 14.8. The van der Waals surface area contributed by atoms with Gasteiger partial charge in [-0.15, -0.1) is 0 Å². The van der Waals surface area contributed by atoms with Crippen LogP contribution in [-0.4, -0.2) is 33.6 Å². The van der Waals surface area contributed by atoms with E-state index in [-0.39, 0.29) is 15.8 Å². The van der Waals surface area contributed by atoms with Crippen LogP contribution in [-0.2, 0) is 9.84 Å². The van der Waals surface area contributed by atoms with Crippen molar-refractivity contribution in [3.8, 4) is 11.5 Å². The van der Waals surface area contributed by atoms with Crippen LogP contribution in [0.4, 0.5) is 0 Å². The van der Waals surface area contributed by atoms with Gasteiger partial charge in [-0.3, -0.25) is 0 Å². The van der Waals surface area contributed by atoms with E-state index < -0.39 is 9.84 Å². The van der Waals surface area contributed by atoms with Crippen molar-refractivity contribution in [2.45, 2.75) is 29.3 Å². The Bertz CT molecular complexity index is 571. The molecule has 1 saturated heterocycles. The van der Waals surface area contributed by atoms with Crippen LogP contribution in [0.25, 0.3) is 0 Å². The van der Waals surface area contributed by atoms with Crippen LogP contribution in [0, 0.1) is 0 Å². The summed E-state index contributed by atoms with van der Waals surface area (Å²) in [4.78, 5) is -0.215. The molecule has 2 unspecified atom stereocenters. The molecule has 1 fully saturated rings. The molecule has 0 aromatic heterocycles. The number of rotatable bonds is 4. The molecule has 112 valence electrons. The maximum absolute atomic E-state index is 12.2. The lowest BCUT2D eigenvalue weighted by molar-refractivity contribution is 0.354. The van der Waals surface area contributed by atoms with Gasteiger partial charge in [0.2, 0.25) is 0 Å². The molecule has 0 saturated carbocycles. The number of benzene rings is 1. The number of methoxy groups -OCH3 is 2. The highest BCUT2D eigenvalue weighted by Crippen LogP contribution is 2.39. The third-order valence-electron chi connectivity index (χ3n) is 3.68. The van der Waals surface area contributed by atoms with Gasteiger partial charge in [0.25, 0.3) is 0 Å². The van der Waals surface area contributed by atoms with Gasteiger partial charge in [-0.05, 0) is 30.5 Å². The molecular weight excluding hydrogens is 344 g/mol. The number of ether oxygens (including phenoxy) is 2. The summed E-state index contributed by atoms with van der Waals surface area (Å²) in [6.07, 6.45) is 2.43. The standard InChI is InChI=1S/C14H19BrO4S/c1-18-11-7-6-10(9-12(11)19-2)14(15)13-5-3-4-8-20(13,16)17/h6-7,9,13-14H,3-5,8H2,1-2H3. The molecule has 6 heteroatoms. The van der Waals surface area contributed by atoms with E-state index in [1.54, 1.807) is 20.3 Å². The maximum Gasteiger partial charge on any atom is 0.161 e. The van der Waals surface area contributed by atoms with Crippen molar-refractivity contribution < 1.29 is 17.9 Å². The fraction of sp³-hybridized carbons (Fsp3) is 0.571. The second-order valence-electron chi connectivity index (χ2n) is 4.92. The van der Waals surface area contributed by atoms with Gasteiger partial charge in [-0.25, -0.2) is 8.42 Å². The molecule has 1 aliphatic heterocycles. The van der Waals surface area contributed by atoms with Crippen LogP contribution in [0.2, 0.25) is 0 Å². The lowest BCUT2D eigenvalue weighted by atomic mass is 10.0. The molecule has 1 aromatic rings. The van der Waals surface area contributed by atoms with Crippen molar-refractivity contribution in [1.29, 1.82) is 0 Å². The van der Waals surface area contributed by atoms with Crippen molar-refractivity contribution in [2.75, 3.05) is 20.0 Å². The van der Waals surface area contributed by atoms with Gasteiger partial charge >= 0.3 is 0 Å². The first-order valence-electron chi connectivity index (χ1n) is 6.57. The van der Waals surface area contributed by atoms with Crippen LogP contribution in [0.15, 0.2) is 18.2 Å². The second-order valence-corrected chi connectivity index (χ2v) is 8.24. The van der Waals surface area contributed by atoms with Crippen LogP contribution in [0.3, 0.4) is 0 Å². The van der Waals surface area contributed by atoms with Crippen molar-refractivity contribution in [3.63, 3.8) is 0 Å². The van der Waals surface area contributed by atoms with E-state index >= 15 is 0 Å². The predicted octanol–water partition coefficient (Wildman–Crippen LogP) is 3.11. The summed E-state index contributed by atoms with van der Waals surface area (Å²) in [6.45, 7) is 0. The third-order valence-corrected chi connectivity index (χ3v) is 7.49. The van der Waals surface area contributed by atoms with E-state index in [0.717, 1.165) is 18.4 Å². The molecule has 2 atom stereocenters. The molecule has 0 spiro atoms. The lowest BCUT2D eigenvalue weighted by Gasteiger charge is -2.27. The Hall–Kier alpha value is -0.750. The first kappa shape index (κ1) is 15.6. The van der Waals surface area contributed by atoms with Crippen molar-refractivity contribution in [1.82, 2.24) is 0 Å². The van der Waals surface area contributed by atoms with Crippen molar-refractivity contribution in [2.24, 2.45) is 0 Å². The van der Waals surface area contributed by atoms with Crippen molar-refractivity contribution in [3.05, 3.63) is 23.8 Å². The van der Waals surface area contributed by atoms with Gasteiger partial charge in [0.05, 0.1) is 30.0 Å². The average molecular weight is 363 g/mol. The molecule has 1 aromatic carbocycles. The zero-order valence-electron chi connectivity index (χ0n) is 11.6. The summed E-state index contributed by atoms with van der Waals surface area (Å²) in [5.41, 5.74) is 0.901. The predicted molar refractivity (Wildman–Crippen MR) is 82.6 cm³/mol. The minimum absolute atomic E-state index is 0.215. The molecule has 1 aliphatic rings. The summed E-state index contributed by atoms with van der Waals surface area (Å²) >= 11 is 3.56. The molecule has 1 heterocycles. The van der Waals surface area contributed by atoms with E-state index in [1.807, 2.05) is 12.1 Å². The number of halogens is 1. The van der Waals surface area contributed by atoms with Gasteiger partial charge in [-0.2, -0.15) is 0 Å². The highest BCUT2D eigenvalue weighted by Gasteiger charge is 2.35. The zero-order valence-corrected chi connectivity index (χ0v) is 14.0. The minimum Gasteiger partial charge on any atom is -0.493 e. The fourth-order valence-electron chi connectivity index (χ4n) is 2.55. The fourth-order valence-corrected chi connectivity index (χ4v) is 6.04. The van der Waals surface area contributed by atoms with Gasteiger partial charge in [-0.1, -0.05) is 28.4 Å². The van der Waals surface area contributed by atoms with Crippen LogP contribution in [0.5, 0.6) is 11.5 Å². The molecule has 0 aliphatic carbocycles. The summed E-state index contributed by atoms with van der Waals surface area (Å²) < 4.78 is 34.8. The van der Waals surface area contributed by atoms with E-state index in [4.69, 9.17) is 9.47 Å². The largest absolute Gasteiger partial charge is 0.493 e. The molecule has 0 radical (unpaired) electrons. The Morgan fingerprint density at radius 1 is 1.20 bits per heavy atom. The average Bonchev–Trinajstić information content (AvgIpc) is 2.45. The van der Waals surface area contributed by atoms with Crippen LogP contribution >= 0.6 is 15.9 Å². The van der Waals surface area contributed by atoms with Gasteiger partial charge in [0.15, 0.2) is 21.3 Å². The number of sulfone groups is 1. The summed E-state index contributed by atoms with van der Waals surface area (Å²) in [5.74, 6) is 1.54. The number of hydrogen-bond donors (Lipinski definition) is 0. The number of alkyl halides is 1. The van der Waals surface area contributed by atoms with E-state index in [9.17, 15) is 8.42 Å². The molecular formula is C14H19BrO4S. The molecule has 20 heavy (non-hydrogen) atoms. The Balaban J connectivity index is 2.31. The topological polar surface area (TPSA) is 52.6 Å². The van der Waals surface area contributed by atoms with E-state index in [1.165, 1.54) is 0 Å². The van der Waals surface area contributed by atoms with Gasteiger partial charge < -0.3 is 9.47 Å². The Morgan fingerprint density at radius 2 is 1.90 bits per heavy atom. The molecule has 0 amide bonds. The SMILES string of the molecule is COc1ccc(C(Br)C2CCCCS2(=O)=O)cc1OC. The monoisotopic (exact) mass is 362 g/mol. The van der Waals surface area contributed by atoms with Crippen LogP contribution < -0.4 is 9.47 Å². The highest BCUT2D eigenvalue weighted by molar-refractivity contribution is 9.09. The van der Waals surface area contributed by atoms with E-state index in [0.29, 0.717) is 17.9 Å². The molecule has 0 N–H and O–H groups in total. The molecule has 0 bridgehead atoms. The Labute approximate surface area is 128 Å². The molecule has 2 rings (SSSR count). The van der Waals surface area contributed by atoms with Crippen LogP contribution in [0.1, 0.15) is 29.7 Å². The Morgan fingerprint density at radius 3 is 2.50 bits per heavy atom. The van der Waals surface area contributed by atoms with E-state index in [2.05, 4.69) is 15.9 Å². The number of hydrogen-bond acceptors (Lipinski definition) is 4. The molecule has 4 nitrogen and oxygen atoms in total. The van der Waals surface area contributed by atoms with Crippen molar-refractivity contribution >= 4 is 25.8 Å². The Kier molecular flexibility index (Phi) is 4.96. The lowest BCUT2D eigenvalue weighted by Crippen LogP contribution is -2.31. The quantitative estimate of drug-likeness (QED) is 0.772. The van der Waals surface area contributed by atoms with Gasteiger partial charge in [0, 0.05) is 0 Å². The van der Waals surface area contributed by atoms with Gasteiger partial charge in [0.1, 0.15) is 0 Å². The normalized spacial score (nSPS) is 23.1. The first-order valence-corrected chi connectivity index (χ1v) is 9.20. The summed E-state index contributed by atoms with van der Waals surface area (Å²) in [5, 5.41) is -0.366. The second kappa shape index (κ2) is 6.35. The first-order chi connectivity index (χ1) is 9.49. The maximum atomic E-state index is 12.2. The summed E-state index contributed by atoms with van der Waals surface area (Å²) in [7, 11) is 0.125. The summed E-state index contributed by atoms with van der Waals surface area (Å²) in [6, 6.07) is 5.52. The minimum atomic E-state index is -3.03. The smallest absolute Gasteiger partial charge is 0.161 e. The third kappa shape index (κ3) is 3.11. The highest BCUT2D eigenvalue weighted by atomic mass is 79.9.